The van der Waals surface area contributed by atoms with E-state index in [1.165, 1.54) is 0 Å². The summed E-state index contributed by atoms with van der Waals surface area (Å²) in [5, 5.41) is 18.8. The molecule has 1 aliphatic carbocycles. The van der Waals surface area contributed by atoms with Crippen molar-refractivity contribution >= 4 is 5.78 Å². The van der Waals surface area contributed by atoms with E-state index in [1.807, 2.05) is 0 Å². The minimum absolute atomic E-state index is 0.0637. The molecule has 2 atom stereocenters. The van der Waals surface area contributed by atoms with Gasteiger partial charge in [0.1, 0.15) is 6.10 Å². The van der Waals surface area contributed by atoms with Gasteiger partial charge in [-0.3, -0.25) is 4.79 Å². The standard InChI is InChI=1S/C8H12O4/c9-6-4-12-8(11,7(6)10)5-2-1-3-5/h5-6,9,11H,1-4H2. The van der Waals surface area contributed by atoms with Gasteiger partial charge in [0.15, 0.2) is 0 Å². The van der Waals surface area contributed by atoms with Crippen molar-refractivity contribution in [3.63, 3.8) is 0 Å². The number of aliphatic hydroxyl groups is 2. The zero-order valence-corrected chi connectivity index (χ0v) is 6.69. The van der Waals surface area contributed by atoms with Crippen molar-refractivity contribution < 1.29 is 19.7 Å². The van der Waals surface area contributed by atoms with Crippen molar-refractivity contribution in [3.8, 4) is 0 Å². The maximum atomic E-state index is 11.2. The van der Waals surface area contributed by atoms with E-state index in [1.54, 1.807) is 0 Å². The van der Waals surface area contributed by atoms with Crippen molar-refractivity contribution in [3.05, 3.63) is 0 Å². The first-order chi connectivity index (χ1) is 5.64. The molecule has 0 bridgehead atoms. The highest BCUT2D eigenvalue weighted by Crippen LogP contribution is 2.40. The van der Waals surface area contributed by atoms with Crippen LogP contribution in [0.2, 0.25) is 0 Å². The van der Waals surface area contributed by atoms with Crippen LogP contribution in [0.4, 0.5) is 0 Å². The lowest BCUT2D eigenvalue weighted by atomic mass is 9.77. The van der Waals surface area contributed by atoms with Crippen LogP contribution in [0.3, 0.4) is 0 Å². The molecule has 0 amide bonds. The molecular formula is C8H12O4. The van der Waals surface area contributed by atoms with E-state index in [4.69, 9.17) is 9.84 Å². The highest BCUT2D eigenvalue weighted by molar-refractivity contribution is 5.91. The molecule has 2 fully saturated rings. The Morgan fingerprint density at radius 1 is 1.50 bits per heavy atom. The fourth-order valence-electron chi connectivity index (χ4n) is 1.71. The molecule has 1 aliphatic heterocycles. The highest BCUT2D eigenvalue weighted by atomic mass is 16.6. The zero-order valence-electron chi connectivity index (χ0n) is 6.69. The van der Waals surface area contributed by atoms with Crippen LogP contribution in [-0.4, -0.2) is 34.5 Å². The Morgan fingerprint density at radius 3 is 2.50 bits per heavy atom. The molecule has 2 rings (SSSR count). The summed E-state index contributed by atoms with van der Waals surface area (Å²) < 4.78 is 4.92. The Bertz CT molecular complexity index is 211. The van der Waals surface area contributed by atoms with Crippen LogP contribution < -0.4 is 0 Å². The predicted molar refractivity (Wildman–Crippen MR) is 39.3 cm³/mol. The number of hydrogen-bond donors (Lipinski definition) is 2. The zero-order chi connectivity index (χ0) is 8.77. The van der Waals surface area contributed by atoms with Crippen molar-refractivity contribution in [2.75, 3.05) is 6.61 Å². The average molecular weight is 172 g/mol. The minimum atomic E-state index is -1.67. The van der Waals surface area contributed by atoms with E-state index >= 15 is 0 Å². The monoisotopic (exact) mass is 172 g/mol. The lowest BCUT2D eigenvalue weighted by Gasteiger charge is -2.35. The van der Waals surface area contributed by atoms with E-state index in [0.29, 0.717) is 0 Å². The van der Waals surface area contributed by atoms with Gasteiger partial charge in [0.2, 0.25) is 11.6 Å². The number of rotatable bonds is 1. The van der Waals surface area contributed by atoms with E-state index in [0.717, 1.165) is 19.3 Å². The van der Waals surface area contributed by atoms with Crippen LogP contribution in [0.1, 0.15) is 19.3 Å². The number of carbonyl (C=O) groups excluding carboxylic acids is 1. The molecule has 1 saturated heterocycles. The van der Waals surface area contributed by atoms with Gasteiger partial charge >= 0.3 is 0 Å². The number of hydrogen-bond acceptors (Lipinski definition) is 4. The maximum absolute atomic E-state index is 11.2. The number of ether oxygens (including phenoxy) is 1. The third-order valence-corrected chi connectivity index (χ3v) is 2.78. The summed E-state index contributed by atoms with van der Waals surface area (Å²) in [6.07, 6.45) is 1.53. The molecule has 0 aromatic rings. The first kappa shape index (κ1) is 8.16. The van der Waals surface area contributed by atoms with Crippen LogP contribution >= 0.6 is 0 Å². The first-order valence-corrected chi connectivity index (χ1v) is 4.23. The molecule has 1 saturated carbocycles. The Labute approximate surface area is 70.1 Å². The van der Waals surface area contributed by atoms with Gasteiger partial charge in [0.25, 0.3) is 0 Å². The molecule has 0 spiro atoms. The lowest BCUT2D eigenvalue weighted by molar-refractivity contribution is -0.216. The molecule has 2 N–H and O–H groups in total. The first-order valence-electron chi connectivity index (χ1n) is 4.23. The van der Waals surface area contributed by atoms with Gasteiger partial charge in [0, 0.05) is 5.92 Å². The number of Topliss-reactive ketones (excluding diaryl/α,β-unsaturated/α-hetero) is 1. The summed E-state index contributed by atoms with van der Waals surface area (Å²) in [4.78, 5) is 11.2. The van der Waals surface area contributed by atoms with Gasteiger partial charge in [-0.2, -0.15) is 0 Å². The lowest BCUT2D eigenvalue weighted by Crippen LogP contribution is -2.48. The fraction of sp³-hybridized carbons (Fsp3) is 0.875. The molecule has 4 heteroatoms. The normalized spacial score (nSPS) is 43.2. The molecule has 2 unspecified atom stereocenters. The number of ketones is 1. The van der Waals surface area contributed by atoms with Crippen molar-refractivity contribution in [2.24, 2.45) is 5.92 Å². The van der Waals surface area contributed by atoms with Gasteiger partial charge in [-0.15, -0.1) is 0 Å². The van der Waals surface area contributed by atoms with Crippen molar-refractivity contribution in [1.82, 2.24) is 0 Å². The van der Waals surface area contributed by atoms with E-state index in [9.17, 15) is 9.90 Å². The summed E-state index contributed by atoms with van der Waals surface area (Å²) >= 11 is 0. The number of aliphatic hydroxyl groups excluding tert-OH is 1. The van der Waals surface area contributed by atoms with E-state index < -0.39 is 17.7 Å². The van der Waals surface area contributed by atoms with Crippen LogP contribution in [0, 0.1) is 5.92 Å². The Kier molecular flexibility index (Phi) is 1.71. The minimum Gasteiger partial charge on any atom is -0.383 e. The van der Waals surface area contributed by atoms with Gasteiger partial charge in [-0.05, 0) is 12.8 Å². The van der Waals surface area contributed by atoms with Gasteiger partial charge < -0.3 is 14.9 Å². The van der Waals surface area contributed by atoms with Crippen LogP contribution in [0.15, 0.2) is 0 Å². The molecule has 0 aromatic carbocycles. The maximum Gasteiger partial charge on any atom is 0.232 e. The van der Waals surface area contributed by atoms with Crippen LogP contribution in [-0.2, 0) is 9.53 Å². The largest absolute Gasteiger partial charge is 0.383 e. The molecular weight excluding hydrogens is 160 g/mol. The Balaban J connectivity index is 2.14. The second-order valence-corrected chi connectivity index (χ2v) is 3.52. The second kappa shape index (κ2) is 2.52. The topological polar surface area (TPSA) is 66.8 Å². The van der Waals surface area contributed by atoms with Gasteiger partial charge in [-0.25, -0.2) is 0 Å². The SMILES string of the molecule is O=C1C(O)COC1(O)C1CCC1. The van der Waals surface area contributed by atoms with Crippen LogP contribution in [0.5, 0.6) is 0 Å². The molecule has 0 aromatic heterocycles. The quantitative estimate of drug-likeness (QED) is 0.556. The second-order valence-electron chi connectivity index (χ2n) is 3.52. The predicted octanol–water partition coefficient (Wildman–Crippen LogP) is -0.565. The Morgan fingerprint density at radius 2 is 2.17 bits per heavy atom. The highest BCUT2D eigenvalue weighted by Gasteiger charge is 2.54. The molecule has 12 heavy (non-hydrogen) atoms. The smallest absolute Gasteiger partial charge is 0.232 e. The summed E-state index contributed by atoms with van der Waals surface area (Å²) in [5.74, 6) is -2.33. The molecule has 1 heterocycles. The summed E-state index contributed by atoms with van der Waals surface area (Å²) in [7, 11) is 0. The van der Waals surface area contributed by atoms with Gasteiger partial charge in [0.05, 0.1) is 6.61 Å². The third-order valence-electron chi connectivity index (χ3n) is 2.78. The van der Waals surface area contributed by atoms with E-state index in [2.05, 4.69) is 0 Å². The molecule has 4 nitrogen and oxygen atoms in total. The van der Waals surface area contributed by atoms with Crippen molar-refractivity contribution in [2.45, 2.75) is 31.2 Å². The summed E-state index contributed by atoms with van der Waals surface area (Å²) in [6.45, 7) is -0.0637. The van der Waals surface area contributed by atoms with E-state index in [-0.39, 0.29) is 12.5 Å². The summed E-state index contributed by atoms with van der Waals surface area (Å²) in [5.41, 5.74) is 0. The molecule has 0 radical (unpaired) electrons. The molecule has 2 aliphatic rings. The summed E-state index contributed by atoms with van der Waals surface area (Å²) in [6, 6.07) is 0. The molecule has 68 valence electrons. The van der Waals surface area contributed by atoms with Crippen LogP contribution in [0.25, 0.3) is 0 Å². The number of carbonyl (C=O) groups is 1. The average Bonchev–Trinajstić information content (AvgIpc) is 2.14. The fourth-order valence-corrected chi connectivity index (χ4v) is 1.71. The Hall–Kier alpha value is -0.450. The van der Waals surface area contributed by atoms with Crippen molar-refractivity contribution in [1.29, 1.82) is 0 Å². The third kappa shape index (κ3) is 0.920. The van der Waals surface area contributed by atoms with Gasteiger partial charge in [-0.1, -0.05) is 6.42 Å².